The maximum atomic E-state index is 10.8. The lowest BCUT2D eigenvalue weighted by Gasteiger charge is -2.35. The molecule has 27 heavy (non-hydrogen) atoms. The minimum atomic E-state index is -1.54. The zero-order chi connectivity index (χ0) is 21.4. The minimum absolute atomic E-state index is 0.0350. The molecular weight excluding hydrogens is 467 g/mol. The molecule has 0 aromatic carbocycles. The van der Waals surface area contributed by atoms with E-state index in [9.17, 15) is 10.2 Å². The zero-order valence-corrected chi connectivity index (χ0v) is 21.9. The number of hydrogen-bond donors (Lipinski definition) is 2. The van der Waals surface area contributed by atoms with Crippen molar-refractivity contribution in [1.29, 1.82) is 0 Å². The molecule has 6 atom stereocenters. The second-order valence-electron chi connectivity index (χ2n) is 9.21. The highest BCUT2D eigenvalue weighted by Gasteiger charge is 2.33. The van der Waals surface area contributed by atoms with Crippen LogP contribution in [0.4, 0.5) is 0 Å². The molecule has 0 aromatic heterocycles. The Morgan fingerprint density at radius 2 is 1.59 bits per heavy atom. The van der Waals surface area contributed by atoms with Gasteiger partial charge in [0.2, 0.25) is 0 Å². The van der Waals surface area contributed by atoms with Gasteiger partial charge in [0.05, 0.1) is 18.3 Å². The van der Waals surface area contributed by atoms with Crippen molar-refractivity contribution in [2.45, 2.75) is 98.4 Å². The fourth-order valence-electron chi connectivity index (χ4n) is 3.03. The fourth-order valence-corrected chi connectivity index (χ4v) is 4.23. The smallest absolute Gasteiger partial charge is 0.129 e. The van der Waals surface area contributed by atoms with E-state index < -0.39 is 20.3 Å². The van der Waals surface area contributed by atoms with Crippen LogP contribution in [0.25, 0.3) is 0 Å². The predicted molar refractivity (Wildman–Crippen MR) is 128 cm³/mol. The monoisotopic (exact) mass is 508 g/mol. The lowest BCUT2D eigenvalue weighted by molar-refractivity contribution is -0.0996. The van der Waals surface area contributed by atoms with Gasteiger partial charge in [-0.15, -0.1) is 5.54 Å². The van der Waals surface area contributed by atoms with E-state index in [1.807, 2.05) is 27.7 Å². The predicted octanol–water partition coefficient (Wildman–Crippen LogP) is 5.41. The van der Waals surface area contributed by atoms with Crippen molar-refractivity contribution in [3.8, 4) is 11.5 Å². The van der Waals surface area contributed by atoms with Crippen LogP contribution in [0.2, 0.25) is 19.6 Å². The van der Waals surface area contributed by atoms with E-state index in [1.165, 1.54) is 3.58 Å². The Kier molecular flexibility index (Phi) is 12.7. The number of ether oxygens (including phenoxy) is 1. The topological polar surface area (TPSA) is 49.7 Å². The summed E-state index contributed by atoms with van der Waals surface area (Å²) in [5, 5.41) is 21.4. The van der Waals surface area contributed by atoms with Gasteiger partial charge in [-0.05, 0) is 65.7 Å². The summed E-state index contributed by atoms with van der Waals surface area (Å²) >= 11 is 2.32. The van der Waals surface area contributed by atoms with E-state index in [2.05, 4.69) is 73.6 Å². The molecule has 0 saturated carbocycles. The summed E-state index contributed by atoms with van der Waals surface area (Å²) in [5.41, 5.74) is 3.25. The first-order valence-electron chi connectivity index (χ1n) is 10.1. The standard InChI is InChI=1S/C22H41IO3Si/c1-15(2)26-22(19(6)21(25)12-13-27(7,8)9)18(5)20(24)11-10-16(3)14-17(4)23/h14-16,18-22,24-25H,10-11H2,1-9H3/b17-14+/t16-,18-,19-,20+,21?,22-/m0/s1. The molecule has 5 heteroatoms. The Morgan fingerprint density at radius 3 is 2.04 bits per heavy atom. The summed E-state index contributed by atoms with van der Waals surface area (Å²) in [4.78, 5) is 0. The van der Waals surface area contributed by atoms with Crippen molar-refractivity contribution >= 4 is 30.7 Å². The van der Waals surface area contributed by atoms with Gasteiger partial charge in [0.15, 0.2) is 0 Å². The van der Waals surface area contributed by atoms with Gasteiger partial charge in [-0.1, -0.05) is 52.4 Å². The maximum Gasteiger partial charge on any atom is 0.129 e. The zero-order valence-electron chi connectivity index (χ0n) is 18.7. The molecule has 0 saturated heterocycles. The largest absolute Gasteiger partial charge is 0.393 e. The van der Waals surface area contributed by atoms with Gasteiger partial charge in [0.1, 0.15) is 14.2 Å². The van der Waals surface area contributed by atoms with Crippen LogP contribution in [0, 0.1) is 29.2 Å². The maximum absolute atomic E-state index is 10.8. The number of aliphatic hydroxyl groups is 2. The van der Waals surface area contributed by atoms with E-state index in [-0.39, 0.29) is 24.0 Å². The molecule has 0 aliphatic heterocycles. The third kappa shape index (κ3) is 12.3. The van der Waals surface area contributed by atoms with Gasteiger partial charge in [-0.25, -0.2) is 0 Å². The number of hydrogen-bond acceptors (Lipinski definition) is 3. The number of allylic oxidation sites excluding steroid dienone is 2. The Hall–Kier alpha value is 0.127. The molecule has 3 nitrogen and oxygen atoms in total. The molecule has 2 N–H and O–H groups in total. The van der Waals surface area contributed by atoms with Gasteiger partial charge < -0.3 is 14.9 Å². The summed E-state index contributed by atoms with van der Waals surface area (Å²) in [6, 6.07) is 0. The highest BCUT2D eigenvalue weighted by Crippen LogP contribution is 2.27. The molecular formula is C22H41IO3Si. The van der Waals surface area contributed by atoms with Crippen LogP contribution < -0.4 is 0 Å². The van der Waals surface area contributed by atoms with Gasteiger partial charge in [0.25, 0.3) is 0 Å². The molecule has 0 fully saturated rings. The second kappa shape index (κ2) is 12.6. The molecule has 0 aliphatic carbocycles. The molecule has 0 aromatic rings. The van der Waals surface area contributed by atoms with Gasteiger partial charge in [-0.2, -0.15) is 0 Å². The van der Waals surface area contributed by atoms with E-state index in [4.69, 9.17) is 4.74 Å². The van der Waals surface area contributed by atoms with Gasteiger partial charge in [0, 0.05) is 11.8 Å². The van der Waals surface area contributed by atoms with Crippen LogP contribution in [-0.2, 0) is 4.74 Å². The summed E-state index contributed by atoms with van der Waals surface area (Å²) in [6.07, 6.45) is 2.50. The van der Waals surface area contributed by atoms with Crippen LogP contribution in [0.5, 0.6) is 0 Å². The Labute approximate surface area is 182 Å². The van der Waals surface area contributed by atoms with Crippen molar-refractivity contribution in [1.82, 2.24) is 0 Å². The average molecular weight is 509 g/mol. The van der Waals surface area contributed by atoms with Crippen LogP contribution in [-0.4, -0.2) is 42.7 Å². The van der Waals surface area contributed by atoms with Crippen LogP contribution >= 0.6 is 22.6 Å². The van der Waals surface area contributed by atoms with Crippen LogP contribution in [0.1, 0.15) is 54.4 Å². The van der Waals surface area contributed by atoms with Gasteiger partial charge >= 0.3 is 0 Å². The first kappa shape index (κ1) is 27.1. The first-order valence-corrected chi connectivity index (χ1v) is 14.7. The summed E-state index contributed by atoms with van der Waals surface area (Å²) < 4.78 is 7.41. The minimum Gasteiger partial charge on any atom is -0.393 e. The van der Waals surface area contributed by atoms with E-state index in [0.717, 1.165) is 12.8 Å². The normalized spacial score (nSPS) is 19.7. The number of aliphatic hydroxyl groups excluding tert-OH is 2. The Morgan fingerprint density at radius 1 is 1.04 bits per heavy atom. The van der Waals surface area contributed by atoms with Crippen LogP contribution in [0.15, 0.2) is 9.66 Å². The van der Waals surface area contributed by atoms with Crippen molar-refractivity contribution in [3.05, 3.63) is 9.66 Å². The molecule has 0 amide bonds. The average Bonchev–Trinajstić information content (AvgIpc) is 2.52. The third-order valence-electron chi connectivity index (χ3n) is 4.60. The Bertz CT molecular complexity index is 512. The van der Waals surface area contributed by atoms with Crippen molar-refractivity contribution in [2.24, 2.45) is 17.8 Å². The molecule has 1 unspecified atom stereocenters. The molecule has 0 spiro atoms. The molecule has 158 valence electrons. The molecule has 0 rings (SSSR count). The summed E-state index contributed by atoms with van der Waals surface area (Å²) in [6.45, 7) is 18.8. The van der Waals surface area contributed by atoms with Crippen LogP contribution in [0.3, 0.4) is 0 Å². The highest BCUT2D eigenvalue weighted by atomic mass is 127. The number of halogens is 1. The van der Waals surface area contributed by atoms with E-state index >= 15 is 0 Å². The number of rotatable bonds is 10. The quantitative estimate of drug-likeness (QED) is 0.236. The lowest BCUT2D eigenvalue weighted by atomic mass is 9.84. The molecule has 0 bridgehead atoms. The Balaban J connectivity index is 5.13. The first-order chi connectivity index (χ1) is 12.2. The van der Waals surface area contributed by atoms with Gasteiger partial charge in [-0.3, -0.25) is 0 Å². The summed E-state index contributed by atoms with van der Waals surface area (Å²) in [5.74, 6) is 3.26. The van der Waals surface area contributed by atoms with E-state index in [0.29, 0.717) is 5.92 Å². The molecule has 0 aliphatic rings. The third-order valence-corrected chi connectivity index (χ3v) is 5.85. The van der Waals surface area contributed by atoms with Crippen molar-refractivity contribution in [2.75, 3.05) is 0 Å². The van der Waals surface area contributed by atoms with E-state index in [1.54, 1.807) is 0 Å². The lowest BCUT2D eigenvalue weighted by Crippen LogP contribution is -2.42. The fraction of sp³-hybridized carbons (Fsp3) is 0.818. The molecule has 0 radical (unpaired) electrons. The van der Waals surface area contributed by atoms with Crippen molar-refractivity contribution in [3.63, 3.8) is 0 Å². The second-order valence-corrected chi connectivity index (χ2v) is 15.7. The summed E-state index contributed by atoms with van der Waals surface area (Å²) in [7, 11) is -1.54. The SMILES string of the molecule is C/C(I)=C\[C@@H](C)CC[C@@H](O)[C@H](C)[C@H](OC(C)C)[C@@H](C)C(O)C#C[Si](C)(C)C. The molecule has 0 heterocycles. The van der Waals surface area contributed by atoms with Crippen molar-refractivity contribution < 1.29 is 14.9 Å². The highest BCUT2D eigenvalue weighted by molar-refractivity contribution is 14.1.